The first kappa shape index (κ1) is 13.2. The zero-order valence-corrected chi connectivity index (χ0v) is 10.4. The quantitative estimate of drug-likeness (QED) is 0.783. The molecule has 0 aliphatic heterocycles. The van der Waals surface area contributed by atoms with Crippen LogP contribution in [0.2, 0.25) is 5.15 Å². The standard InChI is InChI=1S/C11H7ClF3NOS/c12-9-3-8(11(13,14)15)4-10(16-9)17-5-7-1-2-18-6-7/h1-4,6H,5H2. The fraction of sp³-hybridized carbons (Fsp3) is 0.182. The van der Waals surface area contributed by atoms with Crippen LogP contribution in [0.15, 0.2) is 29.0 Å². The van der Waals surface area contributed by atoms with E-state index >= 15 is 0 Å². The van der Waals surface area contributed by atoms with Gasteiger partial charge in [-0.2, -0.15) is 24.5 Å². The third-order valence-electron chi connectivity index (χ3n) is 2.06. The smallest absolute Gasteiger partial charge is 0.416 e. The number of ether oxygens (including phenoxy) is 1. The fourth-order valence-electron chi connectivity index (χ4n) is 1.24. The van der Waals surface area contributed by atoms with E-state index in [1.165, 1.54) is 11.3 Å². The molecule has 7 heteroatoms. The van der Waals surface area contributed by atoms with Crippen molar-refractivity contribution in [3.63, 3.8) is 0 Å². The van der Waals surface area contributed by atoms with Crippen molar-refractivity contribution in [3.8, 4) is 5.88 Å². The molecule has 0 unspecified atom stereocenters. The van der Waals surface area contributed by atoms with Crippen LogP contribution < -0.4 is 4.74 Å². The van der Waals surface area contributed by atoms with Gasteiger partial charge in [-0.15, -0.1) is 0 Å². The summed E-state index contributed by atoms with van der Waals surface area (Å²) < 4.78 is 42.7. The number of aromatic nitrogens is 1. The summed E-state index contributed by atoms with van der Waals surface area (Å²) in [5, 5.41) is 3.45. The van der Waals surface area contributed by atoms with Gasteiger partial charge in [0.25, 0.3) is 0 Å². The minimum Gasteiger partial charge on any atom is -0.473 e. The van der Waals surface area contributed by atoms with Crippen LogP contribution in [0, 0.1) is 0 Å². The van der Waals surface area contributed by atoms with Crippen molar-refractivity contribution in [2.24, 2.45) is 0 Å². The average molecular weight is 294 g/mol. The normalized spacial score (nSPS) is 11.6. The maximum absolute atomic E-state index is 12.5. The molecule has 0 N–H and O–H groups in total. The molecule has 2 aromatic rings. The lowest BCUT2D eigenvalue weighted by atomic mass is 10.2. The number of pyridine rings is 1. The van der Waals surface area contributed by atoms with Gasteiger partial charge in [-0.1, -0.05) is 11.6 Å². The molecule has 2 aromatic heterocycles. The molecule has 0 saturated carbocycles. The third kappa shape index (κ3) is 3.36. The highest BCUT2D eigenvalue weighted by Gasteiger charge is 2.31. The van der Waals surface area contributed by atoms with E-state index < -0.39 is 11.7 Å². The summed E-state index contributed by atoms with van der Waals surface area (Å²) in [7, 11) is 0. The first-order chi connectivity index (χ1) is 8.45. The predicted molar refractivity (Wildman–Crippen MR) is 62.9 cm³/mol. The summed E-state index contributed by atoms with van der Waals surface area (Å²) in [6, 6.07) is 3.41. The molecule has 2 nitrogen and oxygen atoms in total. The Balaban J connectivity index is 2.15. The van der Waals surface area contributed by atoms with Gasteiger partial charge in [0.15, 0.2) is 0 Å². The lowest BCUT2D eigenvalue weighted by molar-refractivity contribution is -0.137. The summed E-state index contributed by atoms with van der Waals surface area (Å²) in [6.45, 7) is 0.161. The van der Waals surface area contributed by atoms with Crippen LogP contribution in [0.1, 0.15) is 11.1 Å². The van der Waals surface area contributed by atoms with Gasteiger partial charge < -0.3 is 4.74 Å². The van der Waals surface area contributed by atoms with Gasteiger partial charge in [0.2, 0.25) is 5.88 Å². The Morgan fingerprint density at radius 2 is 2.11 bits per heavy atom. The number of hydrogen-bond acceptors (Lipinski definition) is 3. The van der Waals surface area contributed by atoms with E-state index in [1.54, 1.807) is 0 Å². The Bertz CT molecular complexity index is 528. The highest BCUT2D eigenvalue weighted by Crippen LogP contribution is 2.32. The SMILES string of the molecule is FC(F)(F)c1cc(Cl)nc(OCc2ccsc2)c1. The highest BCUT2D eigenvalue weighted by molar-refractivity contribution is 7.07. The van der Waals surface area contributed by atoms with Gasteiger partial charge in [-0.05, 0) is 22.9 Å². The van der Waals surface area contributed by atoms with Crippen LogP contribution in [0.4, 0.5) is 13.2 Å². The van der Waals surface area contributed by atoms with Crippen molar-refractivity contribution in [2.45, 2.75) is 12.8 Å². The molecular formula is C11H7ClF3NOS. The van der Waals surface area contributed by atoms with Crippen molar-refractivity contribution in [3.05, 3.63) is 45.2 Å². The van der Waals surface area contributed by atoms with E-state index in [2.05, 4.69) is 4.98 Å². The highest BCUT2D eigenvalue weighted by atomic mass is 35.5. The lowest BCUT2D eigenvalue weighted by Gasteiger charge is -2.09. The molecule has 0 bridgehead atoms. The molecule has 0 radical (unpaired) electrons. The Labute approximate surface area is 110 Å². The minimum atomic E-state index is -4.47. The van der Waals surface area contributed by atoms with E-state index in [4.69, 9.17) is 16.3 Å². The van der Waals surface area contributed by atoms with Crippen molar-refractivity contribution in [2.75, 3.05) is 0 Å². The molecule has 0 fully saturated rings. The minimum absolute atomic E-state index is 0.138. The van der Waals surface area contributed by atoms with Crippen LogP contribution in [0.5, 0.6) is 5.88 Å². The molecule has 18 heavy (non-hydrogen) atoms. The third-order valence-corrected chi connectivity index (χ3v) is 2.99. The molecule has 0 aliphatic rings. The second-order valence-corrected chi connectivity index (χ2v) is 4.60. The number of thiophene rings is 1. The van der Waals surface area contributed by atoms with Gasteiger partial charge >= 0.3 is 6.18 Å². The Kier molecular flexibility index (Phi) is 3.77. The van der Waals surface area contributed by atoms with E-state index in [1.807, 2.05) is 16.8 Å². The molecule has 0 aliphatic carbocycles. The maximum atomic E-state index is 12.5. The molecule has 0 aromatic carbocycles. The molecule has 0 saturated heterocycles. The van der Waals surface area contributed by atoms with Gasteiger partial charge in [0, 0.05) is 11.6 Å². The van der Waals surface area contributed by atoms with E-state index in [0.29, 0.717) is 0 Å². The summed E-state index contributed by atoms with van der Waals surface area (Å²) in [4.78, 5) is 3.69. The Morgan fingerprint density at radius 3 is 2.72 bits per heavy atom. The van der Waals surface area contributed by atoms with E-state index in [9.17, 15) is 13.2 Å². The lowest BCUT2D eigenvalue weighted by Crippen LogP contribution is -2.06. The number of alkyl halides is 3. The number of rotatable bonds is 3. The maximum Gasteiger partial charge on any atom is 0.416 e. The van der Waals surface area contributed by atoms with Crippen LogP contribution in [-0.2, 0) is 12.8 Å². The second kappa shape index (κ2) is 5.16. The van der Waals surface area contributed by atoms with Crippen LogP contribution in [-0.4, -0.2) is 4.98 Å². The summed E-state index contributed by atoms with van der Waals surface area (Å²) in [5.41, 5.74) is -0.00171. The van der Waals surface area contributed by atoms with Crippen molar-refractivity contribution in [1.82, 2.24) is 4.98 Å². The second-order valence-electron chi connectivity index (χ2n) is 3.43. The monoisotopic (exact) mass is 293 g/mol. The average Bonchev–Trinajstić information content (AvgIpc) is 2.77. The molecule has 0 atom stereocenters. The van der Waals surface area contributed by atoms with E-state index in [-0.39, 0.29) is 17.6 Å². The van der Waals surface area contributed by atoms with Crippen LogP contribution in [0.3, 0.4) is 0 Å². The summed E-state index contributed by atoms with van der Waals surface area (Å²) in [6.07, 6.45) is -4.47. The van der Waals surface area contributed by atoms with E-state index in [0.717, 1.165) is 17.7 Å². The number of hydrogen-bond donors (Lipinski definition) is 0. The molecular weight excluding hydrogens is 287 g/mol. The topological polar surface area (TPSA) is 22.1 Å². The predicted octanol–water partition coefficient (Wildman–Crippen LogP) is 4.39. The first-order valence-corrected chi connectivity index (χ1v) is 6.16. The van der Waals surface area contributed by atoms with Gasteiger partial charge in [0.05, 0.1) is 5.56 Å². The molecule has 96 valence electrons. The Hall–Kier alpha value is -1.27. The fourth-order valence-corrected chi connectivity index (χ4v) is 2.10. The molecule has 0 amide bonds. The molecule has 2 rings (SSSR count). The van der Waals surface area contributed by atoms with Crippen LogP contribution in [0.25, 0.3) is 0 Å². The Morgan fingerprint density at radius 1 is 1.33 bits per heavy atom. The first-order valence-electron chi connectivity index (χ1n) is 4.84. The van der Waals surface area contributed by atoms with Crippen LogP contribution >= 0.6 is 22.9 Å². The summed E-state index contributed by atoms with van der Waals surface area (Å²) in [5.74, 6) is -0.138. The number of nitrogens with zero attached hydrogens (tertiary/aromatic N) is 1. The zero-order chi connectivity index (χ0) is 13.2. The van der Waals surface area contributed by atoms with Gasteiger partial charge in [-0.25, -0.2) is 4.98 Å². The van der Waals surface area contributed by atoms with Crippen molar-refractivity contribution >= 4 is 22.9 Å². The number of halogens is 4. The zero-order valence-electron chi connectivity index (χ0n) is 8.87. The molecule has 0 spiro atoms. The summed E-state index contributed by atoms with van der Waals surface area (Å²) >= 11 is 7.01. The largest absolute Gasteiger partial charge is 0.473 e. The van der Waals surface area contributed by atoms with Crippen molar-refractivity contribution in [1.29, 1.82) is 0 Å². The van der Waals surface area contributed by atoms with Gasteiger partial charge in [-0.3, -0.25) is 0 Å². The molecule has 2 heterocycles. The van der Waals surface area contributed by atoms with Gasteiger partial charge in [0.1, 0.15) is 11.8 Å². The van der Waals surface area contributed by atoms with Crippen molar-refractivity contribution < 1.29 is 17.9 Å².